The number of hydrogen-bond acceptors (Lipinski definition) is 3. The van der Waals surface area contributed by atoms with E-state index in [0.29, 0.717) is 6.42 Å². The molecule has 0 aromatic heterocycles. The van der Waals surface area contributed by atoms with Crippen molar-refractivity contribution in [1.82, 2.24) is 5.32 Å². The van der Waals surface area contributed by atoms with E-state index in [4.69, 9.17) is 0 Å². The summed E-state index contributed by atoms with van der Waals surface area (Å²) in [4.78, 5) is 12.4. The van der Waals surface area contributed by atoms with Crippen molar-refractivity contribution in [1.29, 1.82) is 0 Å². The first-order valence-electron chi connectivity index (χ1n) is 27.2. The number of amides is 1. The zero-order chi connectivity index (χ0) is 43.5. The van der Waals surface area contributed by atoms with Gasteiger partial charge in [-0.1, -0.05) is 281 Å². The molecule has 0 aromatic carbocycles. The minimum atomic E-state index is -0.868. The average molecular weight is 842 g/mol. The van der Waals surface area contributed by atoms with Gasteiger partial charge in [-0.3, -0.25) is 4.79 Å². The standard InChI is InChI=1S/C56H107NO3/c1-3-5-7-9-11-13-15-17-19-21-22-23-24-25-26-27-28-29-30-31-32-33-34-35-36-38-40-42-44-46-48-50-52-56(60)57-54(53-58)55(59)51-49-47-45-43-41-39-37-20-18-16-14-12-10-8-6-4-2/h18,20,41,43,49,51,54-55,58-59H,3-17,19,21-40,42,44-48,50,52-53H2,1-2H3,(H,57,60)/b20-18+,43-41+,51-49+. The molecule has 0 aliphatic rings. The van der Waals surface area contributed by atoms with Crippen molar-refractivity contribution in [2.75, 3.05) is 6.61 Å². The number of nitrogens with one attached hydrogen (secondary N) is 1. The SMILES string of the molecule is CCCCCCCC/C=C/CC/C=C/CC/C=C/C(O)C(CO)NC(=O)CCCCCCCCCCCCCCCCCCCCCCCCCCCCCCCCCC. The Hall–Kier alpha value is -1.39. The van der Waals surface area contributed by atoms with Gasteiger partial charge in [0.2, 0.25) is 5.91 Å². The number of aliphatic hydroxyl groups excluding tert-OH is 2. The Morgan fingerprint density at radius 2 is 0.650 bits per heavy atom. The van der Waals surface area contributed by atoms with Crippen LogP contribution in [0.2, 0.25) is 0 Å². The molecule has 2 atom stereocenters. The summed E-state index contributed by atoms with van der Waals surface area (Å²) in [7, 11) is 0. The van der Waals surface area contributed by atoms with Crippen LogP contribution in [0.3, 0.4) is 0 Å². The van der Waals surface area contributed by atoms with Crippen LogP contribution in [0.4, 0.5) is 0 Å². The Balaban J connectivity index is 3.45. The van der Waals surface area contributed by atoms with Gasteiger partial charge in [-0.15, -0.1) is 0 Å². The molecule has 4 nitrogen and oxygen atoms in total. The number of allylic oxidation sites excluding steroid dienone is 5. The highest BCUT2D eigenvalue weighted by Crippen LogP contribution is 2.17. The predicted molar refractivity (Wildman–Crippen MR) is 267 cm³/mol. The maximum Gasteiger partial charge on any atom is 0.220 e. The average Bonchev–Trinajstić information content (AvgIpc) is 3.25. The number of hydrogen-bond donors (Lipinski definition) is 3. The summed E-state index contributed by atoms with van der Waals surface area (Å²) in [5.74, 6) is -0.0731. The Bertz CT molecular complexity index is 912. The van der Waals surface area contributed by atoms with Crippen molar-refractivity contribution in [2.45, 2.75) is 309 Å². The minimum absolute atomic E-state index is 0.0731. The lowest BCUT2D eigenvalue weighted by Gasteiger charge is -2.19. The van der Waals surface area contributed by atoms with Crippen LogP contribution in [0.1, 0.15) is 296 Å². The molecule has 0 saturated carbocycles. The van der Waals surface area contributed by atoms with Crippen LogP contribution in [-0.2, 0) is 4.79 Å². The normalized spacial score (nSPS) is 13.1. The summed E-state index contributed by atoms with van der Waals surface area (Å²) >= 11 is 0. The highest BCUT2D eigenvalue weighted by atomic mass is 16.3. The summed E-state index contributed by atoms with van der Waals surface area (Å²) in [5.41, 5.74) is 0. The lowest BCUT2D eigenvalue weighted by Crippen LogP contribution is -2.45. The number of carbonyl (C=O) groups is 1. The smallest absolute Gasteiger partial charge is 0.220 e. The van der Waals surface area contributed by atoms with E-state index in [0.717, 1.165) is 38.5 Å². The third kappa shape index (κ3) is 47.7. The quantitative estimate of drug-likeness (QED) is 0.0422. The second kappa shape index (κ2) is 52.0. The van der Waals surface area contributed by atoms with E-state index in [-0.39, 0.29) is 12.5 Å². The third-order valence-corrected chi connectivity index (χ3v) is 12.6. The summed E-state index contributed by atoms with van der Waals surface area (Å²) in [6.07, 6.45) is 70.3. The Labute approximate surface area is 376 Å². The van der Waals surface area contributed by atoms with Crippen molar-refractivity contribution in [3.63, 3.8) is 0 Å². The molecule has 4 heteroatoms. The molecule has 0 fully saturated rings. The summed E-state index contributed by atoms with van der Waals surface area (Å²) < 4.78 is 0. The first-order chi connectivity index (χ1) is 29.7. The predicted octanol–water partition coefficient (Wildman–Crippen LogP) is 17.7. The number of unbranched alkanes of at least 4 members (excludes halogenated alkanes) is 39. The maximum atomic E-state index is 12.4. The van der Waals surface area contributed by atoms with Crippen LogP contribution >= 0.6 is 0 Å². The van der Waals surface area contributed by atoms with E-state index in [9.17, 15) is 15.0 Å². The van der Waals surface area contributed by atoms with Gasteiger partial charge in [0.15, 0.2) is 0 Å². The Morgan fingerprint density at radius 3 is 0.967 bits per heavy atom. The van der Waals surface area contributed by atoms with E-state index in [1.807, 2.05) is 6.08 Å². The van der Waals surface area contributed by atoms with Gasteiger partial charge in [-0.25, -0.2) is 0 Å². The molecule has 2 unspecified atom stereocenters. The van der Waals surface area contributed by atoms with Crippen LogP contribution in [0.25, 0.3) is 0 Å². The van der Waals surface area contributed by atoms with E-state index in [1.165, 1.54) is 238 Å². The second-order valence-electron chi connectivity index (χ2n) is 18.6. The van der Waals surface area contributed by atoms with Crippen molar-refractivity contribution in [2.24, 2.45) is 0 Å². The number of aliphatic hydroxyl groups is 2. The fraction of sp³-hybridized carbons (Fsp3) is 0.875. The molecule has 0 heterocycles. The summed E-state index contributed by atoms with van der Waals surface area (Å²) in [6, 6.07) is -0.643. The van der Waals surface area contributed by atoms with Gasteiger partial charge in [0.05, 0.1) is 18.8 Å². The van der Waals surface area contributed by atoms with Crippen LogP contribution < -0.4 is 5.32 Å². The topological polar surface area (TPSA) is 69.6 Å². The summed E-state index contributed by atoms with van der Waals surface area (Å²) in [6.45, 7) is 4.31. The van der Waals surface area contributed by atoms with Crippen LogP contribution in [0.5, 0.6) is 0 Å². The first kappa shape index (κ1) is 58.6. The first-order valence-corrected chi connectivity index (χ1v) is 27.2. The van der Waals surface area contributed by atoms with Gasteiger partial charge < -0.3 is 15.5 Å². The fourth-order valence-corrected chi connectivity index (χ4v) is 8.45. The third-order valence-electron chi connectivity index (χ3n) is 12.6. The molecule has 0 saturated heterocycles. The molecular weight excluding hydrogens is 735 g/mol. The zero-order valence-corrected chi connectivity index (χ0v) is 40.7. The molecule has 354 valence electrons. The molecule has 0 aromatic rings. The molecule has 1 amide bonds. The second-order valence-corrected chi connectivity index (χ2v) is 18.6. The van der Waals surface area contributed by atoms with E-state index >= 15 is 0 Å². The van der Waals surface area contributed by atoms with E-state index in [1.54, 1.807) is 6.08 Å². The van der Waals surface area contributed by atoms with E-state index in [2.05, 4.69) is 43.5 Å². The highest BCUT2D eigenvalue weighted by molar-refractivity contribution is 5.76. The van der Waals surface area contributed by atoms with Gasteiger partial charge in [0.1, 0.15) is 0 Å². The van der Waals surface area contributed by atoms with Gasteiger partial charge in [0, 0.05) is 6.42 Å². The molecular formula is C56H107NO3. The molecule has 0 spiro atoms. The minimum Gasteiger partial charge on any atom is -0.394 e. The van der Waals surface area contributed by atoms with Gasteiger partial charge in [-0.05, 0) is 44.9 Å². The maximum absolute atomic E-state index is 12.4. The fourth-order valence-electron chi connectivity index (χ4n) is 8.45. The molecule has 3 N–H and O–H groups in total. The molecule has 0 rings (SSSR count). The number of rotatable bonds is 50. The molecule has 60 heavy (non-hydrogen) atoms. The van der Waals surface area contributed by atoms with Gasteiger partial charge in [0.25, 0.3) is 0 Å². The van der Waals surface area contributed by atoms with Crippen LogP contribution in [0, 0.1) is 0 Å². The zero-order valence-electron chi connectivity index (χ0n) is 40.7. The lowest BCUT2D eigenvalue weighted by molar-refractivity contribution is -0.123. The molecule has 0 radical (unpaired) electrons. The Morgan fingerprint density at radius 1 is 0.383 bits per heavy atom. The van der Waals surface area contributed by atoms with Gasteiger partial charge in [-0.2, -0.15) is 0 Å². The van der Waals surface area contributed by atoms with Crippen molar-refractivity contribution >= 4 is 5.91 Å². The summed E-state index contributed by atoms with van der Waals surface area (Å²) in [5, 5.41) is 23.1. The van der Waals surface area contributed by atoms with Crippen molar-refractivity contribution < 1.29 is 15.0 Å². The largest absolute Gasteiger partial charge is 0.394 e. The molecule has 0 aliphatic heterocycles. The lowest BCUT2D eigenvalue weighted by atomic mass is 10.0. The van der Waals surface area contributed by atoms with E-state index < -0.39 is 12.1 Å². The molecule has 0 aliphatic carbocycles. The van der Waals surface area contributed by atoms with Gasteiger partial charge >= 0.3 is 0 Å². The van der Waals surface area contributed by atoms with Crippen LogP contribution in [0.15, 0.2) is 36.5 Å². The van der Waals surface area contributed by atoms with Crippen LogP contribution in [-0.4, -0.2) is 34.9 Å². The van der Waals surface area contributed by atoms with Crippen molar-refractivity contribution in [3.05, 3.63) is 36.5 Å². The highest BCUT2D eigenvalue weighted by Gasteiger charge is 2.18. The number of carbonyl (C=O) groups excluding carboxylic acids is 1. The van der Waals surface area contributed by atoms with Crippen molar-refractivity contribution in [3.8, 4) is 0 Å². The Kier molecular flexibility index (Phi) is 50.8. The molecule has 0 bridgehead atoms. The monoisotopic (exact) mass is 842 g/mol.